The molecule has 0 aliphatic heterocycles. The van der Waals surface area contributed by atoms with Gasteiger partial charge in [-0.25, -0.2) is 0 Å². The van der Waals surface area contributed by atoms with E-state index in [-0.39, 0.29) is 5.25 Å². The molecule has 0 rings (SSSR count). The summed E-state index contributed by atoms with van der Waals surface area (Å²) in [7, 11) is -2.07. The lowest BCUT2D eigenvalue weighted by atomic mass is 10.1. The Morgan fingerprint density at radius 3 is 1.55 bits per heavy atom. The largest absolute Gasteiger partial charge is 0.358 e. The second-order valence-electron chi connectivity index (χ2n) is 5.91. The van der Waals surface area contributed by atoms with Gasteiger partial charge in [-0.3, -0.25) is 4.18 Å². The molecule has 22 heavy (non-hydrogen) atoms. The van der Waals surface area contributed by atoms with Gasteiger partial charge < -0.3 is 5.73 Å². The maximum atomic E-state index is 10.7. The van der Waals surface area contributed by atoms with Crippen LogP contribution in [0, 0.1) is 0 Å². The predicted octanol–water partition coefficient (Wildman–Crippen LogP) is 3.91. The van der Waals surface area contributed by atoms with Crippen molar-refractivity contribution in [1.82, 2.24) is 0 Å². The Labute approximate surface area is 139 Å². The van der Waals surface area contributed by atoms with Crippen LogP contribution in [0.2, 0.25) is 0 Å². The van der Waals surface area contributed by atoms with Gasteiger partial charge in [-0.2, -0.15) is 8.42 Å². The molecule has 0 aliphatic carbocycles. The standard InChI is InChI=1S/C12H27N.C5H12O3S/c1-2-3-4-5-6-7-8-9-10-11-12-13;1-4-5(2)9(6,7)8-3/h2-13H2,1H3;5H,4H2,1-3H3/p+1. The monoisotopic (exact) mass is 338 g/mol. The average Bonchev–Trinajstić information content (AvgIpc) is 2.53. The minimum absolute atomic E-state index is 0.387. The van der Waals surface area contributed by atoms with E-state index in [9.17, 15) is 8.42 Å². The molecule has 0 aromatic carbocycles. The van der Waals surface area contributed by atoms with E-state index in [0.717, 1.165) is 6.54 Å². The first-order valence-electron chi connectivity index (χ1n) is 9.04. The number of unbranched alkanes of at least 4 members (excludes halogenated alkanes) is 9. The Hall–Kier alpha value is -0.130. The van der Waals surface area contributed by atoms with Crippen LogP contribution in [0.3, 0.4) is 0 Å². The maximum absolute atomic E-state index is 10.7. The molecule has 1 atom stereocenters. The molecule has 3 N–H and O–H groups in total. The topological polar surface area (TPSA) is 71.0 Å². The Balaban J connectivity index is 0. The van der Waals surface area contributed by atoms with Crippen molar-refractivity contribution in [1.29, 1.82) is 0 Å². The molecule has 4 nitrogen and oxygen atoms in total. The SMILES string of the molecule is CCC(C)S(=O)(=O)OC.CCCCCCCCCCCC[NH3+]. The second kappa shape index (κ2) is 17.2. The van der Waals surface area contributed by atoms with Crippen LogP contribution < -0.4 is 5.73 Å². The zero-order valence-electron chi connectivity index (χ0n) is 15.4. The molecular weight excluding hydrogens is 298 g/mol. The van der Waals surface area contributed by atoms with Crippen molar-refractivity contribution in [3.63, 3.8) is 0 Å². The zero-order chi connectivity index (χ0) is 17.3. The van der Waals surface area contributed by atoms with E-state index < -0.39 is 10.1 Å². The summed E-state index contributed by atoms with van der Waals surface area (Å²) in [6.07, 6.45) is 14.8. The summed E-state index contributed by atoms with van der Waals surface area (Å²) >= 11 is 0. The smallest absolute Gasteiger partial charge is 0.269 e. The van der Waals surface area contributed by atoms with Crippen LogP contribution in [0.4, 0.5) is 0 Å². The van der Waals surface area contributed by atoms with E-state index in [1.807, 2.05) is 0 Å². The molecule has 0 radical (unpaired) electrons. The zero-order valence-corrected chi connectivity index (χ0v) is 16.2. The van der Waals surface area contributed by atoms with Crippen LogP contribution in [0.25, 0.3) is 0 Å². The number of hydrogen-bond acceptors (Lipinski definition) is 3. The highest BCUT2D eigenvalue weighted by atomic mass is 32.2. The second-order valence-corrected chi connectivity index (χ2v) is 8.04. The van der Waals surface area contributed by atoms with Gasteiger partial charge in [0.15, 0.2) is 0 Å². The highest BCUT2D eigenvalue weighted by Gasteiger charge is 2.16. The highest BCUT2D eigenvalue weighted by molar-refractivity contribution is 7.87. The van der Waals surface area contributed by atoms with Gasteiger partial charge in [0, 0.05) is 0 Å². The number of quaternary nitrogens is 1. The summed E-state index contributed by atoms with van der Waals surface area (Å²) < 4.78 is 25.7. The van der Waals surface area contributed by atoms with Gasteiger partial charge in [0.1, 0.15) is 0 Å². The molecule has 0 aromatic rings. The third-order valence-electron chi connectivity index (χ3n) is 3.90. The Morgan fingerprint density at radius 1 is 0.864 bits per heavy atom. The molecule has 0 saturated heterocycles. The van der Waals surface area contributed by atoms with Crippen LogP contribution in [-0.4, -0.2) is 27.3 Å². The molecule has 0 aliphatic rings. The van der Waals surface area contributed by atoms with E-state index in [2.05, 4.69) is 16.8 Å². The molecule has 0 aromatic heterocycles. The summed E-state index contributed by atoms with van der Waals surface area (Å²) in [6.45, 7) is 6.83. The van der Waals surface area contributed by atoms with Gasteiger partial charge >= 0.3 is 0 Å². The van der Waals surface area contributed by atoms with Gasteiger partial charge in [-0.15, -0.1) is 0 Å². The fourth-order valence-corrected chi connectivity index (χ4v) is 2.77. The molecule has 0 spiro atoms. The molecule has 0 fully saturated rings. The number of hydrogen-bond donors (Lipinski definition) is 1. The van der Waals surface area contributed by atoms with Crippen LogP contribution in [-0.2, 0) is 14.3 Å². The van der Waals surface area contributed by atoms with Crippen LogP contribution in [0.15, 0.2) is 0 Å². The van der Waals surface area contributed by atoms with Crippen LogP contribution in [0.5, 0.6) is 0 Å². The first kappa shape index (κ1) is 24.1. The minimum Gasteiger partial charge on any atom is -0.358 e. The third kappa shape index (κ3) is 16.2. The van der Waals surface area contributed by atoms with Crippen molar-refractivity contribution in [3.05, 3.63) is 0 Å². The molecule has 136 valence electrons. The van der Waals surface area contributed by atoms with Gasteiger partial charge in [0.2, 0.25) is 0 Å². The van der Waals surface area contributed by atoms with Gasteiger partial charge in [-0.05, 0) is 26.2 Å². The lowest BCUT2D eigenvalue weighted by Gasteiger charge is -2.05. The quantitative estimate of drug-likeness (QED) is 0.409. The first-order valence-corrected chi connectivity index (χ1v) is 10.5. The van der Waals surface area contributed by atoms with E-state index in [4.69, 9.17) is 0 Å². The molecule has 0 bridgehead atoms. The highest BCUT2D eigenvalue weighted by Crippen LogP contribution is 2.09. The lowest BCUT2D eigenvalue weighted by molar-refractivity contribution is -0.368. The van der Waals surface area contributed by atoms with Crippen LogP contribution >= 0.6 is 0 Å². The average molecular weight is 339 g/mol. The van der Waals surface area contributed by atoms with E-state index in [1.165, 1.54) is 71.3 Å². The van der Waals surface area contributed by atoms with E-state index >= 15 is 0 Å². The Kier molecular flexibility index (Phi) is 18.9. The fraction of sp³-hybridized carbons (Fsp3) is 1.00. The normalized spacial score (nSPS) is 12.6. The van der Waals surface area contributed by atoms with E-state index in [1.54, 1.807) is 13.8 Å². The Morgan fingerprint density at radius 2 is 1.27 bits per heavy atom. The van der Waals surface area contributed by atoms with E-state index in [0.29, 0.717) is 6.42 Å². The van der Waals surface area contributed by atoms with Crippen molar-refractivity contribution in [3.8, 4) is 0 Å². The molecule has 1 unspecified atom stereocenters. The van der Waals surface area contributed by atoms with Crippen molar-refractivity contribution in [2.75, 3.05) is 13.7 Å². The fourth-order valence-electron chi connectivity index (χ4n) is 2.03. The van der Waals surface area contributed by atoms with Crippen molar-refractivity contribution < 1.29 is 18.3 Å². The van der Waals surface area contributed by atoms with Gasteiger partial charge in [0.05, 0.1) is 18.9 Å². The predicted molar refractivity (Wildman–Crippen MR) is 95.3 cm³/mol. The molecule has 0 amide bonds. The third-order valence-corrected chi connectivity index (χ3v) is 5.69. The molecular formula is C17H40NO3S+. The van der Waals surface area contributed by atoms with Crippen molar-refractivity contribution in [2.24, 2.45) is 0 Å². The van der Waals surface area contributed by atoms with Crippen molar-refractivity contribution in [2.45, 2.75) is 96.7 Å². The summed E-state index contributed by atoms with van der Waals surface area (Å²) in [5.74, 6) is 0. The maximum Gasteiger partial charge on any atom is 0.269 e. The summed E-state index contributed by atoms with van der Waals surface area (Å²) in [6, 6.07) is 0. The number of rotatable bonds is 13. The van der Waals surface area contributed by atoms with Gasteiger partial charge in [-0.1, -0.05) is 65.2 Å². The first-order chi connectivity index (χ1) is 10.5. The van der Waals surface area contributed by atoms with Gasteiger partial charge in [0.25, 0.3) is 10.1 Å². The molecule has 5 heteroatoms. The van der Waals surface area contributed by atoms with Crippen molar-refractivity contribution >= 4 is 10.1 Å². The molecule has 0 saturated carbocycles. The Bertz CT molecular complexity index is 295. The summed E-state index contributed by atoms with van der Waals surface area (Å²) in [5, 5.41) is -0.387. The van der Waals surface area contributed by atoms with Crippen LogP contribution in [0.1, 0.15) is 91.4 Å². The molecule has 0 heterocycles. The lowest BCUT2D eigenvalue weighted by Crippen LogP contribution is -2.50. The summed E-state index contributed by atoms with van der Waals surface area (Å²) in [5.41, 5.74) is 3.85. The minimum atomic E-state index is -3.25. The summed E-state index contributed by atoms with van der Waals surface area (Å²) in [4.78, 5) is 0.